The van der Waals surface area contributed by atoms with Crippen molar-refractivity contribution in [3.05, 3.63) is 0 Å². The second-order valence-electron chi connectivity index (χ2n) is 2.08. The Morgan fingerprint density at radius 3 is 1.73 bits per heavy atom. The lowest BCUT2D eigenvalue weighted by molar-refractivity contribution is 0.0878. The predicted octanol–water partition coefficient (Wildman–Crippen LogP) is 0.700. The Hall–Kier alpha value is -1.10. The minimum absolute atomic E-state index is 0.298. The monoisotopic (exact) mass is 160 g/mol. The highest BCUT2D eigenvalue weighted by atomic mass is 16.5. The average Bonchev–Trinajstić information content (AvgIpc) is 1.87. The van der Waals surface area contributed by atoms with Gasteiger partial charge in [-0.2, -0.15) is 0 Å². The van der Waals surface area contributed by atoms with Gasteiger partial charge in [-0.25, -0.2) is 0 Å². The molecule has 0 aromatic rings. The molecule has 0 rings (SSSR count). The van der Waals surface area contributed by atoms with E-state index in [2.05, 4.69) is 10.3 Å². The van der Waals surface area contributed by atoms with Crippen molar-refractivity contribution in [1.29, 1.82) is 0 Å². The fourth-order valence-corrected chi connectivity index (χ4v) is 0.597. The molecule has 0 aromatic carbocycles. The van der Waals surface area contributed by atoms with E-state index in [0.29, 0.717) is 0 Å². The fraction of sp³-hybridized carbons (Fsp3) is 0.667. The molecule has 2 unspecified atom stereocenters. The number of hydrogen-bond acceptors (Lipinski definition) is 5. The van der Waals surface area contributed by atoms with Gasteiger partial charge < -0.3 is 15.2 Å². The first kappa shape index (κ1) is 9.90. The molecule has 0 saturated carbocycles. The first-order valence-electron chi connectivity index (χ1n) is 3.21. The number of oxime groups is 2. The summed E-state index contributed by atoms with van der Waals surface area (Å²) >= 11 is 0. The van der Waals surface area contributed by atoms with E-state index in [1.165, 1.54) is 12.4 Å². The molecule has 0 fully saturated rings. The molecule has 0 saturated heterocycles. The summed E-state index contributed by atoms with van der Waals surface area (Å²) in [5.41, 5.74) is 0. The molecule has 0 spiro atoms. The Kier molecular flexibility index (Phi) is 5.10. The van der Waals surface area contributed by atoms with Crippen LogP contribution in [0.15, 0.2) is 10.3 Å². The summed E-state index contributed by atoms with van der Waals surface area (Å²) in [6.45, 7) is 3.42. The van der Waals surface area contributed by atoms with Gasteiger partial charge in [0, 0.05) is 0 Å². The molecule has 5 heteroatoms. The molecule has 0 aliphatic carbocycles. The van der Waals surface area contributed by atoms with Crippen LogP contribution in [0.4, 0.5) is 0 Å². The van der Waals surface area contributed by atoms with E-state index in [0.717, 1.165) is 0 Å². The summed E-state index contributed by atoms with van der Waals surface area (Å²) in [7, 11) is 0. The third-order valence-electron chi connectivity index (χ3n) is 0.982. The van der Waals surface area contributed by atoms with Gasteiger partial charge >= 0.3 is 0 Å². The van der Waals surface area contributed by atoms with Crippen LogP contribution in [0, 0.1) is 0 Å². The summed E-state index contributed by atoms with van der Waals surface area (Å²) in [5.74, 6) is 0. The quantitative estimate of drug-likeness (QED) is 0.361. The molecular weight excluding hydrogens is 148 g/mol. The zero-order valence-corrected chi connectivity index (χ0v) is 6.51. The maximum absolute atomic E-state index is 8.09. The minimum Gasteiger partial charge on any atom is -0.411 e. The number of hydrogen-bond donors (Lipinski definition) is 2. The van der Waals surface area contributed by atoms with E-state index in [-0.39, 0.29) is 12.2 Å². The zero-order valence-electron chi connectivity index (χ0n) is 6.51. The van der Waals surface area contributed by atoms with Crippen molar-refractivity contribution in [3.8, 4) is 0 Å². The number of rotatable bonds is 4. The highest BCUT2D eigenvalue weighted by Crippen LogP contribution is 1.92. The normalized spacial score (nSPS) is 17.6. The Balaban J connectivity index is 3.65. The van der Waals surface area contributed by atoms with Gasteiger partial charge in [-0.15, -0.1) is 0 Å². The van der Waals surface area contributed by atoms with Crippen LogP contribution in [0.1, 0.15) is 13.8 Å². The standard InChI is InChI=1S/C6H12N2O3/c1-5(3-7-9)11-6(2)4-8-10/h3-6,9-10H,1-2H3. The smallest absolute Gasteiger partial charge is 0.0939 e. The molecule has 0 bridgehead atoms. The lowest BCUT2D eigenvalue weighted by Crippen LogP contribution is -2.19. The Bertz CT molecular complexity index is 131. The summed E-state index contributed by atoms with van der Waals surface area (Å²) in [6, 6.07) is 0. The Labute approximate surface area is 65.0 Å². The second kappa shape index (κ2) is 5.67. The van der Waals surface area contributed by atoms with Gasteiger partial charge in [0.25, 0.3) is 0 Å². The Morgan fingerprint density at radius 2 is 1.45 bits per heavy atom. The Morgan fingerprint density at radius 1 is 1.09 bits per heavy atom. The fourth-order valence-electron chi connectivity index (χ4n) is 0.597. The maximum Gasteiger partial charge on any atom is 0.0939 e. The molecular formula is C6H12N2O3. The van der Waals surface area contributed by atoms with E-state index in [4.69, 9.17) is 15.2 Å². The van der Waals surface area contributed by atoms with Crippen molar-refractivity contribution in [1.82, 2.24) is 0 Å². The third kappa shape index (κ3) is 5.35. The van der Waals surface area contributed by atoms with Crippen LogP contribution in [0.2, 0.25) is 0 Å². The molecule has 0 heterocycles. The van der Waals surface area contributed by atoms with Crippen LogP contribution in [-0.2, 0) is 4.74 Å². The van der Waals surface area contributed by atoms with Crippen LogP contribution in [0.3, 0.4) is 0 Å². The molecule has 2 N–H and O–H groups in total. The summed E-state index contributed by atoms with van der Waals surface area (Å²) in [6.07, 6.45) is 1.88. The van der Waals surface area contributed by atoms with E-state index in [9.17, 15) is 0 Å². The van der Waals surface area contributed by atoms with Gasteiger partial charge in [0.05, 0.1) is 24.6 Å². The van der Waals surface area contributed by atoms with Crippen molar-refractivity contribution >= 4 is 12.4 Å². The largest absolute Gasteiger partial charge is 0.411 e. The van der Waals surface area contributed by atoms with Crippen molar-refractivity contribution in [2.24, 2.45) is 10.3 Å². The summed E-state index contributed by atoms with van der Waals surface area (Å²) < 4.78 is 5.11. The molecule has 0 radical (unpaired) electrons. The van der Waals surface area contributed by atoms with E-state index >= 15 is 0 Å². The van der Waals surface area contributed by atoms with Gasteiger partial charge in [-0.05, 0) is 13.8 Å². The lowest BCUT2D eigenvalue weighted by atomic mass is 10.4. The molecule has 0 aliphatic heterocycles. The predicted molar refractivity (Wildman–Crippen MR) is 40.6 cm³/mol. The highest BCUT2D eigenvalue weighted by molar-refractivity contribution is 5.64. The van der Waals surface area contributed by atoms with Crippen LogP contribution < -0.4 is 0 Å². The molecule has 0 amide bonds. The van der Waals surface area contributed by atoms with Crippen molar-refractivity contribution in [3.63, 3.8) is 0 Å². The van der Waals surface area contributed by atoms with Crippen molar-refractivity contribution in [2.45, 2.75) is 26.1 Å². The summed E-state index contributed by atoms with van der Waals surface area (Å²) in [4.78, 5) is 0. The molecule has 0 aliphatic rings. The molecule has 2 atom stereocenters. The highest BCUT2D eigenvalue weighted by Gasteiger charge is 2.03. The maximum atomic E-state index is 8.09. The van der Waals surface area contributed by atoms with Crippen molar-refractivity contribution in [2.75, 3.05) is 0 Å². The molecule has 0 aromatic heterocycles. The van der Waals surface area contributed by atoms with Crippen molar-refractivity contribution < 1.29 is 15.2 Å². The first-order chi connectivity index (χ1) is 5.20. The van der Waals surface area contributed by atoms with E-state index in [1.54, 1.807) is 13.8 Å². The van der Waals surface area contributed by atoms with Gasteiger partial charge in [0.1, 0.15) is 0 Å². The van der Waals surface area contributed by atoms with Crippen LogP contribution in [-0.4, -0.2) is 35.1 Å². The van der Waals surface area contributed by atoms with Gasteiger partial charge in [-0.1, -0.05) is 10.3 Å². The van der Waals surface area contributed by atoms with Crippen LogP contribution >= 0.6 is 0 Å². The third-order valence-corrected chi connectivity index (χ3v) is 0.982. The summed E-state index contributed by atoms with van der Waals surface area (Å²) in [5, 5.41) is 21.8. The van der Waals surface area contributed by atoms with Crippen LogP contribution in [0.5, 0.6) is 0 Å². The van der Waals surface area contributed by atoms with Crippen LogP contribution in [0.25, 0.3) is 0 Å². The number of ether oxygens (including phenoxy) is 1. The lowest BCUT2D eigenvalue weighted by Gasteiger charge is -2.10. The zero-order chi connectivity index (χ0) is 8.69. The SMILES string of the molecule is CC(C=NO)OC(C)C=NO. The first-order valence-corrected chi connectivity index (χ1v) is 3.21. The van der Waals surface area contributed by atoms with Gasteiger partial charge in [-0.3, -0.25) is 0 Å². The van der Waals surface area contributed by atoms with Gasteiger partial charge in [0.2, 0.25) is 0 Å². The molecule has 11 heavy (non-hydrogen) atoms. The topological polar surface area (TPSA) is 74.4 Å². The van der Waals surface area contributed by atoms with E-state index in [1.807, 2.05) is 0 Å². The minimum atomic E-state index is -0.298. The van der Waals surface area contributed by atoms with Gasteiger partial charge in [0.15, 0.2) is 0 Å². The molecule has 5 nitrogen and oxygen atoms in total. The molecule has 64 valence electrons. The number of nitrogens with zero attached hydrogens (tertiary/aromatic N) is 2. The van der Waals surface area contributed by atoms with E-state index < -0.39 is 0 Å². The second-order valence-corrected chi connectivity index (χ2v) is 2.08. The average molecular weight is 160 g/mol.